The Morgan fingerprint density at radius 1 is 1.41 bits per heavy atom. The molecule has 0 rings (SSSR count). The van der Waals surface area contributed by atoms with Gasteiger partial charge < -0.3 is 10.1 Å². The summed E-state index contributed by atoms with van der Waals surface area (Å²) in [6, 6.07) is 0.549. The number of hydrogen-bond acceptors (Lipinski definition) is 3. The van der Waals surface area contributed by atoms with Crippen LogP contribution in [-0.4, -0.2) is 50.8 Å². The van der Waals surface area contributed by atoms with Crippen molar-refractivity contribution in [3.63, 3.8) is 0 Å². The van der Waals surface area contributed by atoms with Crippen LogP contribution in [0.4, 0.5) is 0 Å². The molecule has 0 amide bonds. The molecule has 0 aliphatic heterocycles. The molecule has 2 atom stereocenters. The van der Waals surface area contributed by atoms with Gasteiger partial charge in [-0.1, -0.05) is 19.9 Å². The maximum atomic E-state index is 5.16. The quantitative estimate of drug-likeness (QED) is 0.444. The molecule has 0 aromatic rings. The first-order chi connectivity index (χ1) is 8.17. The molecule has 0 aliphatic rings. The van der Waals surface area contributed by atoms with E-state index in [1.165, 1.54) is 6.42 Å². The highest BCUT2D eigenvalue weighted by Crippen LogP contribution is 2.10. The third-order valence-corrected chi connectivity index (χ3v) is 3.24. The van der Waals surface area contributed by atoms with Crippen LogP contribution in [0, 0.1) is 5.92 Å². The molecular formula is C14H30N2O. The van der Waals surface area contributed by atoms with Crippen molar-refractivity contribution >= 4 is 0 Å². The summed E-state index contributed by atoms with van der Waals surface area (Å²) in [7, 11) is 1.75. The SMILES string of the molecule is C=CCN(CCOC)C(C)C(C)CNCCC. The Bertz CT molecular complexity index is 185. The lowest BCUT2D eigenvalue weighted by molar-refractivity contribution is 0.113. The second-order valence-corrected chi connectivity index (χ2v) is 4.70. The van der Waals surface area contributed by atoms with Gasteiger partial charge in [-0.3, -0.25) is 4.90 Å². The fourth-order valence-electron chi connectivity index (χ4n) is 1.87. The van der Waals surface area contributed by atoms with Crippen molar-refractivity contribution < 1.29 is 4.74 Å². The van der Waals surface area contributed by atoms with Gasteiger partial charge in [0.15, 0.2) is 0 Å². The highest BCUT2D eigenvalue weighted by molar-refractivity contribution is 4.80. The van der Waals surface area contributed by atoms with Gasteiger partial charge in [-0.25, -0.2) is 0 Å². The minimum atomic E-state index is 0.549. The molecule has 0 heterocycles. The number of ether oxygens (including phenoxy) is 1. The van der Waals surface area contributed by atoms with Gasteiger partial charge in [0.05, 0.1) is 6.61 Å². The minimum absolute atomic E-state index is 0.549. The van der Waals surface area contributed by atoms with Crippen LogP contribution in [0.1, 0.15) is 27.2 Å². The van der Waals surface area contributed by atoms with Gasteiger partial charge in [0.1, 0.15) is 0 Å². The Labute approximate surface area is 107 Å². The van der Waals surface area contributed by atoms with E-state index in [0.717, 1.165) is 32.8 Å². The fourth-order valence-corrected chi connectivity index (χ4v) is 1.87. The van der Waals surface area contributed by atoms with Gasteiger partial charge in [0.25, 0.3) is 0 Å². The molecule has 3 heteroatoms. The van der Waals surface area contributed by atoms with Gasteiger partial charge in [-0.2, -0.15) is 0 Å². The third kappa shape index (κ3) is 7.53. The van der Waals surface area contributed by atoms with Crippen molar-refractivity contribution in [3.8, 4) is 0 Å². The molecule has 2 unspecified atom stereocenters. The van der Waals surface area contributed by atoms with E-state index in [-0.39, 0.29) is 0 Å². The standard InChI is InChI=1S/C14H30N2O/c1-6-8-15-12-13(3)14(4)16(9-7-2)10-11-17-5/h7,13-15H,2,6,8-12H2,1,3-5H3. The van der Waals surface area contributed by atoms with Crippen molar-refractivity contribution in [1.29, 1.82) is 0 Å². The molecule has 0 aliphatic carbocycles. The van der Waals surface area contributed by atoms with Crippen LogP contribution in [-0.2, 0) is 4.74 Å². The molecule has 1 N–H and O–H groups in total. The van der Waals surface area contributed by atoms with Crippen molar-refractivity contribution in [2.45, 2.75) is 33.2 Å². The number of nitrogens with one attached hydrogen (secondary N) is 1. The van der Waals surface area contributed by atoms with E-state index in [1.807, 2.05) is 6.08 Å². The first kappa shape index (κ1) is 16.6. The molecule has 0 saturated carbocycles. The van der Waals surface area contributed by atoms with Crippen molar-refractivity contribution in [1.82, 2.24) is 10.2 Å². The maximum absolute atomic E-state index is 5.16. The largest absolute Gasteiger partial charge is 0.383 e. The lowest BCUT2D eigenvalue weighted by Crippen LogP contribution is -2.43. The normalized spacial score (nSPS) is 14.9. The summed E-state index contributed by atoms with van der Waals surface area (Å²) in [5, 5.41) is 3.49. The Kier molecular flexibility index (Phi) is 10.5. The van der Waals surface area contributed by atoms with E-state index >= 15 is 0 Å². The van der Waals surface area contributed by atoms with Crippen molar-refractivity contribution in [3.05, 3.63) is 12.7 Å². The maximum Gasteiger partial charge on any atom is 0.0589 e. The smallest absolute Gasteiger partial charge is 0.0589 e. The van der Waals surface area contributed by atoms with Gasteiger partial charge in [0.2, 0.25) is 0 Å². The topological polar surface area (TPSA) is 24.5 Å². The molecule has 0 fully saturated rings. The summed E-state index contributed by atoms with van der Waals surface area (Å²) in [6.45, 7) is 15.5. The molecule has 3 nitrogen and oxygen atoms in total. The van der Waals surface area contributed by atoms with Crippen LogP contribution >= 0.6 is 0 Å². The molecule has 0 bridgehead atoms. The molecule has 17 heavy (non-hydrogen) atoms. The zero-order chi connectivity index (χ0) is 13.1. The van der Waals surface area contributed by atoms with E-state index in [4.69, 9.17) is 4.74 Å². The molecule has 0 spiro atoms. The van der Waals surface area contributed by atoms with Gasteiger partial charge in [0, 0.05) is 26.2 Å². The van der Waals surface area contributed by atoms with E-state index in [1.54, 1.807) is 7.11 Å². The molecule has 0 aromatic carbocycles. The summed E-state index contributed by atoms with van der Waals surface area (Å²) < 4.78 is 5.16. The van der Waals surface area contributed by atoms with E-state index < -0.39 is 0 Å². The second kappa shape index (κ2) is 10.8. The van der Waals surface area contributed by atoms with Crippen LogP contribution in [0.3, 0.4) is 0 Å². The summed E-state index contributed by atoms with van der Waals surface area (Å²) in [6.07, 6.45) is 3.17. The number of hydrogen-bond donors (Lipinski definition) is 1. The summed E-state index contributed by atoms with van der Waals surface area (Å²) in [5.41, 5.74) is 0. The number of methoxy groups -OCH3 is 1. The van der Waals surface area contributed by atoms with E-state index in [9.17, 15) is 0 Å². The second-order valence-electron chi connectivity index (χ2n) is 4.70. The van der Waals surface area contributed by atoms with Crippen molar-refractivity contribution in [2.75, 3.05) is 39.9 Å². The van der Waals surface area contributed by atoms with Gasteiger partial charge in [-0.15, -0.1) is 6.58 Å². The van der Waals surface area contributed by atoms with Crippen LogP contribution < -0.4 is 5.32 Å². The fraction of sp³-hybridized carbons (Fsp3) is 0.857. The molecule has 0 aromatic heterocycles. The highest BCUT2D eigenvalue weighted by Gasteiger charge is 2.18. The van der Waals surface area contributed by atoms with Crippen LogP contribution in [0.5, 0.6) is 0 Å². The third-order valence-electron chi connectivity index (χ3n) is 3.24. The van der Waals surface area contributed by atoms with E-state index in [0.29, 0.717) is 12.0 Å². The average molecular weight is 242 g/mol. The Balaban J connectivity index is 4.07. The number of rotatable bonds is 11. The summed E-state index contributed by atoms with van der Waals surface area (Å²) in [4.78, 5) is 2.43. The van der Waals surface area contributed by atoms with E-state index in [2.05, 4.69) is 37.6 Å². The lowest BCUT2D eigenvalue weighted by Gasteiger charge is -2.32. The van der Waals surface area contributed by atoms with Gasteiger partial charge in [-0.05, 0) is 32.4 Å². The summed E-state index contributed by atoms with van der Waals surface area (Å²) >= 11 is 0. The predicted octanol–water partition coefficient (Wildman–Crippen LogP) is 2.14. The highest BCUT2D eigenvalue weighted by atomic mass is 16.5. The summed E-state index contributed by atoms with van der Waals surface area (Å²) in [5.74, 6) is 0.637. The zero-order valence-electron chi connectivity index (χ0n) is 12.0. The molecule has 0 radical (unpaired) electrons. The Hall–Kier alpha value is -0.380. The molecule has 0 saturated heterocycles. The molecule has 102 valence electrons. The van der Waals surface area contributed by atoms with Gasteiger partial charge >= 0.3 is 0 Å². The van der Waals surface area contributed by atoms with Crippen LogP contribution in [0.15, 0.2) is 12.7 Å². The molecular weight excluding hydrogens is 212 g/mol. The monoisotopic (exact) mass is 242 g/mol. The minimum Gasteiger partial charge on any atom is -0.383 e. The average Bonchev–Trinajstić information content (AvgIpc) is 2.33. The predicted molar refractivity (Wildman–Crippen MR) is 75.4 cm³/mol. The Morgan fingerprint density at radius 3 is 2.65 bits per heavy atom. The first-order valence-corrected chi connectivity index (χ1v) is 6.71. The van der Waals surface area contributed by atoms with Crippen molar-refractivity contribution in [2.24, 2.45) is 5.92 Å². The zero-order valence-corrected chi connectivity index (χ0v) is 12.0. The number of nitrogens with zero attached hydrogens (tertiary/aromatic N) is 1. The van der Waals surface area contributed by atoms with Crippen LogP contribution in [0.2, 0.25) is 0 Å². The first-order valence-electron chi connectivity index (χ1n) is 6.71. The lowest BCUT2D eigenvalue weighted by atomic mass is 10.0. The Morgan fingerprint density at radius 2 is 2.12 bits per heavy atom. The van der Waals surface area contributed by atoms with Crippen LogP contribution in [0.25, 0.3) is 0 Å².